The standard InChI is InChI=1S/C11H22N2O3/c1-11(2,9-14)16-10(15)3-6-13-7-4-12-5-8-13/h12,14H,3-9H2,1-2H3. The molecule has 94 valence electrons. The van der Waals surface area contributed by atoms with Gasteiger partial charge < -0.3 is 20.1 Å². The van der Waals surface area contributed by atoms with Crippen molar-refractivity contribution in [2.75, 3.05) is 39.3 Å². The zero-order valence-electron chi connectivity index (χ0n) is 10.2. The Morgan fingerprint density at radius 2 is 2.06 bits per heavy atom. The Morgan fingerprint density at radius 1 is 1.44 bits per heavy atom. The van der Waals surface area contributed by atoms with E-state index in [1.807, 2.05) is 0 Å². The lowest BCUT2D eigenvalue weighted by Gasteiger charge is -2.27. The summed E-state index contributed by atoms with van der Waals surface area (Å²) in [6, 6.07) is 0. The topological polar surface area (TPSA) is 61.8 Å². The first-order chi connectivity index (χ1) is 7.53. The predicted octanol–water partition coefficient (Wildman–Crippen LogP) is -0.404. The van der Waals surface area contributed by atoms with Crippen LogP contribution in [0.2, 0.25) is 0 Å². The van der Waals surface area contributed by atoms with Crippen LogP contribution < -0.4 is 5.32 Å². The van der Waals surface area contributed by atoms with E-state index in [9.17, 15) is 4.79 Å². The molecule has 5 heteroatoms. The summed E-state index contributed by atoms with van der Waals surface area (Å²) < 4.78 is 5.15. The van der Waals surface area contributed by atoms with Crippen molar-refractivity contribution in [3.8, 4) is 0 Å². The molecule has 0 aromatic carbocycles. The van der Waals surface area contributed by atoms with Crippen molar-refractivity contribution in [1.29, 1.82) is 0 Å². The maximum Gasteiger partial charge on any atom is 0.307 e. The molecular formula is C11H22N2O3. The fourth-order valence-electron chi connectivity index (χ4n) is 1.58. The lowest BCUT2D eigenvalue weighted by Crippen LogP contribution is -2.44. The van der Waals surface area contributed by atoms with E-state index < -0.39 is 5.60 Å². The van der Waals surface area contributed by atoms with Gasteiger partial charge in [-0.2, -0.15) is 0 Å². The highest BCUT2D eigenvalue weighted by Gasteiger charge is 2.22. The second-order valence-electron chi connectivity index (χ2n) is 4.73. The number of piperazine rings is 1. The van der Waals surface area contributed by atoms with Crippen molar-refractivity contribution in [3.63, 3.8) is 0 Å². The number of rotatable bonds is 5. The van der Waals surface area contributed by atoms with Gasteiger partial charge in [0.25, 0.3) is 0 Å². The van der Waals surface area contributed by atoms with Gasteiger partial charge in [0.2, 0.25) is 0 Å². The molecule has 1 aliphatic rings. The fourth-order valence-corrected chi connectivity index (χ4v) is 1.58. The molecule has 0 spiro atoms. The number of ether oxygens (including phenoxy) is 1. The van der Waals surface area contributed by atoms with Crippen LogP contribution in [0.4, 0.5) is 0 Å². The van der Waals surface area contributed by atoms with Crippen molar-refractivity contribution in [1.82, 2.24) is 10.2 Å². The highest BCUT2D eigenvalue weighted by atomic mass is 16.6. The smallest absolute Gasteiger partial charge is 0.307 e. The summed E-state index contributed by atoms with van der Waals surface area (Å²) in [5.74, 6) is -0.238. The van der Waals surface area contributed by atoms with E-state index in [-0.39, 0.29) is 12.6 Å². The number of carbonyl (C=O) groups excluding carboxylic acids is 1. The maximum atomic E-state index is 11.5. The molecule has 1 saturated heterocycles. The van der Waals surface area contributed by atoms with Crippen LogP contribution in [-0.4, -0.2) is 60.9 Å². The molecule has 0 aliphatic carbocycles. The second kappa shape index (κ2) is 6.18. The number of hydrogen-bond donors (Lipinski definition) is 2. The Bertz CT molecular complexity index is 225. The van der Waals surface area contributed by atoms with Gasteiger partial charge in [0.05, 0.1) is 13.0 Å². The quantitative estimate of drug-likeness (QED) is 0.629. The third-order valence-corrected chi connectivity index (χ3v) is 2.61. The largest absolute Gasteiger partial charge is 0.457 e. The third kappa shape index (κ3) is 4.92. The lowest BCUT2D eigenvalue weighted by atomic mass is 10.1. The predicted molar refractivity (Wildman–Crippen MR) is 61.2 cm³/mol. The van der Waals surface area contributed by atoms with E-state index in [1.54, 1.807) is 13.8 Å². The molecule has 0 radical (unpaired) electrons. The molecule has 0 atom stereocenters. The van der Waals surface area contributed by atoms with Crippen LogP contribution in [0, 0.1) is 0 Å². The van der Waals surface area contributed by atoms with Crippen LogP contribution in [0.25, 0.3) is 0 Å². The minimum absolute atomic E-state index is 0.146. The lowest BCUT2D eigenvalue weighted by molar-refractivity contribution is -0.160. The van der Waals surface area contributed by atoms with Gasteiger partial charge >= 0.3 is 5.97 Å². The molecule has 1 heterocycles. The summed E-state index contributed by atoms with van der Waals surface area (Å²) in [5, 5.41) is 12.2. The summed E-state index contributed by atoms with van der Waals surface area (Å²) in [6.07, 6.45) is 0.392. The molecule has 0 amide bonds. The second-order valence-corrected chi connectivity index (χ2v) is 4.73. The average molecular weight is 230 g/mol. The van der Waals surface area contributed by atoms with Crippen molar-refractivity contribution in [2.24, 2.45) is 0 Å². The first-order valence-electron chi connectivity index (χ1n) is 5.79. The van der Waals surface area contributed by atoms with Gasteiger partial charge in [-0.15, -0.1) is 0 Å². The van der Waals surface area contributed by atoms with Crippen molar-refractivity contribution >= 4 is 5.97 Å². The monoisotopic (exact) mass is 230 g/mol. The molecule has 0 bridgehead atoms. The van der Waals surface area contributed by atoms with E-state index in [4.69, 9.17) is 9.84 Å². The molecule has 1 fully saturated rings. The van der Waals surface area contributed by atoms with E-state index >= 15 is 0 Å². The molecule has 16 heavy (non-hydrogen) atoms. The van der Waals surface area contributed by atoms with Gasteiger partial charge in [0.15, 0.2) is 0 Å². The zero-order chi connectivity index (χ0) is 12.0. The Labute approximate surface area is 96.8 Å². The normalized spacial score (nSPS) is 18.4. The van der Waals surface area contributed by atoms with Crippen LogP contribution >= 0.6 is 0 Å². The molecule has 0 unspecified atom stereocenters. The Balaban J connectivity index is 2.19. The summed E-state index contributed by atoms with van der Waals surface area (Å²) >= 11 is 0. The van der Waals surface area contributed by atoms with Crippen molar-refractivity contribution < 1.29 is 14.6 Å². The Kier molecular flexibility index (Phi) is 5.18. The van der Waals surface area contributed by atoms with E-state index in [1.165, 1.54) is 0 Å². The first kappa shape index (κ1) is 13.4. The van der Waals surface area contributed by atoms with Crippen molar-refractivity contribution in [3.05, 3.63) is 0 Å². The number of esters is 1. The summed E-state index contributed by atoms with van der Waals surface area (Å²) in [7, 11) is 0. The molecule has 0 aromatic heterocycles. The van der Waals surface area contributed by atoms with Gasteiger partial charge in [0, 0.05) is 32.7 Å². The molecule has 2 N–H and O–H groups in total. The van der Waals surface area contributed by atoms with Gasteiger partial charge in [-0.3, -0.25) is 4.79 Å². The highest BCUT2D eigenvalue weighted by Crippen LogP contribution is 2.09. The SMILES string of the molecule is CC(C)(CO)OC(=O)CCN1CCNCC1. The van der Waals surface area contributed by atoms with Crippen LogP contribution in [-0.2, 0) is 9.53 Å². The van der Waals surface area contributed by atoms with E-state index in [0.29, 0.717) is 6.42 Å². The minimum atomic E-state index is -0.763. The highest BCUT2D eigenvalue weighted by molar-refractivity contribution is 5.70. The molecule has 0 saturated carbocycles. The summed E-state index contributed by atoms with van der Waals surface area (Å²) in [6.45, 7) is 7.93. The summed E-state index contributed by atoms with van der Waals surface area (Å²) in [4.78, 5) is 13.7. The van der Waals surface area contributed by atoms with Gasteiger partial charge in [-0.05, 0) is 13.8 Å². The van der Waals surface area contributed by atoms with Crippen LogP contribution in [0.3, 0.4) is 0 Å². The molecule has 1 aliphatic heterocycles. The Hall–Kier alpha value is -0.650. The zero-order valence-corrected chi connectivity index (χ0v) is 10.2. The number of nitrogens with one attached hydrogen (secondary N) is 1. The fraction of sp³-hybridized carbons (Fsp3) is 0.909. The van der Waals surface area contributed by atoms with E-state index in [2.05, 4.69) is 10.2 Å². The van der Waals surface area contributed by atoms with Crippen LogP contribution in [0.15, 0.2) is 0 Å². The average Bonchev–Trinajstić information content (AvgIpc) is 2.27. The summed E-state index contributed by atoms with van der Waals surface area (Å²) in [5.41, 5.74) is -0.763. The van der Waals surface area contributed by atoms with Gasteiger partial charge in [0.1, 0.15) is 5.60 Å². The van der Waals surface area contributed by atoms with Crippen LogP contribution in [0.5, 0.6) is 0 Å². The molecule has 5 nitrogen and oxygen atoms in total. The number of aliphatic hydroxyl groups is 1. The molecule has 1 rings (SSSR count). The maximum absolute atomic E-state index is 11.5. The number of nitrogens with zero attached hydrogens (tertiary/aromatic N) is 1. The van der Waals surface area contributed by atoms with E-state index in [0.717, 1.165) is 32.7 Å². The number of carbonyl (C=O) groups is 1. The first-order valence-corrected chi connectivity index (χ1v) is 5.79. The molecule has 0 aromatic rings. The van der Waals surface area contributed by atoms with Gasteiger partial charge in [-0.25, -0.2) is 0 Å². The van der Waals surface area contributed by atoms with Crippen LogP contribution in [0.1, 0.15) is 20.3 Å². The Morgan fingerprint density at radius 3 is 2.62 bits per heavy atom. The van der Waals surface area contributed by atoms with Gasteiger partial charge in [-0.1, -0.05) is 0 Å². The third-order valence-electron chi connectivity index (χ3n) is 2.61. The molecular weight excluding hydrogens is 208 g/mol. The number of hydrogen-bond acceptors (Lipinski definition) is 5. The van der Waals surface area contributed by atoms with Crippen molar-refractivity contribution in [2.45, 2.75) is 25.9 Å². The minimum Gasteiger partial charge on any atom is -0.457 e. The number of aliphatic hydroxyl groups excluding tert-OH is 1.